The average molecular weight is 283 g/mol. The number of hydrogen-bond acceptors (Lipinski definition) is 2. The minimum absolute atomic E-state index is 0.639. The first-order valence-corrected chi connectivity index (χ1v) is 6.91. The molecule has 1 aliphatic heterocycles. The number of halogens is 1. The molecule has 0 amide bonds. The zero-order valence-electron chi connectivity index (χ0n) is 9.99. The van der Waals surface area contributed by atoms with Gasteiger partial charge in [0.05, 0.1) is 0 Å². The van der Waals surface area contributed by atoms with E-state index in [-0.39, 0.29) is 0 Å². The van der Waals surface area contributed by atoms with E-state index in [1.807, 2.05) is 0 Å². The van der Waals surface area contributed by atoms with E-state index in [0.717, 1.165) is 30.5 Å². The van der Waals surface area contributed by atoms with Gasteiger partial charge in [-0.2, -0.15) is 0 Å². The largest absolute Gasteiger partial charge is 0.357 e. The van der Waals surface area contributed by atoms with Crippen LogP contribution in [0.4, 0.5) is 5.82 Å². The Labute approximate surface area is 106 Å². The van der Waals surface area contributed by atoms with Crippen molar-refractivity contribution >= 4 is 21.7 Å². The Kier molecular flexibility index (Phi) is 3.85. The second kappa shape index (κ2) is 5.17. The lowest BCUT2D eigenvalue weighted by atomic mass is 9.94. The summed E-state index contributed by atoms with van der Waals surface area (Å²) in [5.74, 6) is 1.96. The molecule has 16 heavy (non-hydrogen) atoms. The summed E-state index contributed by atoms with van der Waals surface area (Å²) >= 11 is 3.69. The van der Waals surface area contributed by atoms with Crippen LogP contribution in [0.2, 0.25) is 0 Å². The summed E-state index contributed by atoms with van der Waals surface area (Å²) in [7, 11) is 0. The summed E-state index contributed by atoms with van der Waals surface area (Å²) < 4.78 is 0. The third-order valence-corrected chi connectivity index (χ3v) is 4.13. The van der Waals surface area contributed by atoms with Gasteiger partial charge in [0.1, 0.15) is 5.82 Å². The number of pyridine rings is 1. The highest BCUT2D eigenvalue weighted by molar-refractivity contribution is 9.09. The molecule has 2 nitrogen and oxygen atoms in total. The molecule has 1 aliphatic rings. The van der Waals surface area contributed by atoms with Gasteiger partial charge in [-0.25, -0.2) is 4.98 Å². The standard InChI is InChI=1S/C13H19BrN2/c1-10-4-3-5-13(15-10)16-8-6-12(7-9-16)11(2)14/h3-5,11-12H,6-9H2,1-2H3. The molecule has 0 aliphatic carbocycles. The zero-order valence-corrected chi connectivity index (χ0v) is 11.6. The van der Waals surface area contributed by atoms with Gasteiger partial charge >= 0.3 is 0 Å². The van der Waals surface area contributed by atoms with Crippen molar-refractivity contribution in [2.24, 2.45) is 5.92 Å². The van der Waals surface area contributed by atoms with Crippen LogP contribution in [0.3, 0.4) is 0 Å². The Morgan fingerprint density at radius 2 is 2.06 bits per heavy atom. The van der Waals surface area contributed by atoms with Crippen molar-refractivity contribution in [2.45, 2.75) is 31.5 Å². The van der Waals surface area contributed by atoms with Crippen molar-refractivity contribution in [2.75, 3.05) is 18.0 Å². The lowest BCUT2D eigenvalue weighted by Crippen LogP contribution is -2.36. The van der Waals surface area contributed by atoms with E-state index in [9.17, 15) is 0 Å². The molecule has 2 heterocycles. The van der Waals surface area contributed by atoms with Crippen molar-refractivity contribution in [3.63, 3.8) is 0 Å². The van der Waals surface area contributed by atoms with Gasteiger partial charge in [0.15, 0.2) is 0 Å². The smallest absolute Gasteiger partial charge is 0.128 e. The maximum atomic E-state index is 4.58. The quantitative estimate of drug-likeness (QED) is 0.773. The fourth-order valence-electron chi connectivity index (χ4n) is 2.29. The van der Waals surface area contributed by atoms with Crippen molar-refractivity contribution in [1.29, 1.82) is 0 Å². The Hall–Kier alpha value is -0.570. The van der Waals surface area contributed by atoms with Gasteiger partial charge in [0.2, 0.25) is 0 Å². The average Bonchev–Trinajstić information content (AvgIpc) is 2.29. The van der Waals surface area contributed by atoms with Crippen LogP contribution in [0, 0.1) is 12.8 Å². The second-order valence-electron chi connectivity index (χ2n) is 4.64. The fourth-order valence-corrected chi connectivity index (χ4v) is 2.82. The predicted octanol–water partition coefficient (Wildman–Crippen LogP) is 3.39. The zero-order chi connectivity index (χ0) is 11.5. The molecule has 0 N–H and O–H groups in total. The van der Waals surface area contributed by atoms with Gasteiger partial charge in [-0.05, 0) is 37.8 Å². The number of alkyl halides is 1. The van der Waals surface area contributed by atoms with Crippen LogP contribution < -0.4 is 4.90 Å². The van der Waals surface area contributed by atoms with Gasteiger partial charge < -0.3 is 4.90 Å². The molecule has 1 aromatic heterocycles. The molecule has 2 rings (SSSR count). The molecule has 1 aromatic rings. The number of aryl methyl sites for hydroxylation is 1. The van der Waals surface area contributed by atoms with Gasteiger partial charge in [0, 0.05) is 23.6 Å². The van der Waals surface area contributed by atoms with Gasteiger partial charge in [-0.1, -0.05) is 28.9 Å². The first kappa shape index (κ1) is 11.9. The Bertz CT molecular complexity index is 344. The Morgan fingerprint density at radius 1 is 1.38 bits per heavy atom. The fraction of sp³-hybridized carbons (Fsp3) is 0.615. The van der Waals surface area contributed by atoms with Crippen molar-refractivity contribution in [1.82, 2.24) is 4.98 Å². The lowest BCUT2D eigenvalue weighted by Gasteiger charge is -2.34. The van der Waals surface area contributed by atoms with Crippen LogP contribution in [0.25, 0.3) is 0 Å². The molecule has 1 unspecified atom stereocenters. The lowest BCUT2D eigenvalue weighted by molar-refractivity contribution is 0.405. The summed E-state index contributed by atoms with van der Waals surface area (Å²) in [6.45, 7) is 6.58. The summed E-state index contributed by atoms with van der Waals surface area (Å²) in [4.78, 5) is 7.62. The molecule has 3 heteroatoms. The summed E-state index contributed by atoms with van der Waals surface area (Å²) in [5.41, 5.74) is 1.11. The van der Waals surface area contributed by atoms with E-state index < -0.39 is 0 Å². The van der Waals surface area contributed by atoms with Crippen LogP contribution >= 0.6 is 15.9 Å². The monoisotopic (exact) mass is 282 g/mol. The van der Waals surface area contributed by atoms with Crippen molar-refractivity contribution in [3.05, 3.63) is 23.9 Å². The molecule has 0 aromatic carbocycles. The van der Waals surface area contributed by atoms with Crippen LogP contribution in [0.15, 0.2) is 18.2 Å². The Morgan fingerprint density at radius 3 is 2.62 bits per heavy atom. The van der Waals surface area contributed by atoms with E-state index >= 15 is 0 Å². The van der Waals surface area contributed by atoms with Crippen molar-refractivity contribution < 1.29 is 0 Å². The van der Waals surface area contributed by atoms with Crippen LogP contribution in [-0.2, 0) is 0 Å². The molecule has 1 atom stereocenters. The first-order chi connectivity index (χ1) is 7.66. The number of anilines is 1. The minimum Gasteiger partial charge on any atom is -0.357 e. The van der Waals surface area contributed by atoms with Gasteiger partial charge in [-0.3, -0.25) is 0 Å². The normalized spacial score (nSPS) is 19.8. The van der Waals surface area contributed by atoms with Crippen LogP contribution in [0.1, 0.15) is 25.5 Å². The Balaban J connectivity index is 1.99. The molecular formula is C13H19BrN2. The molecule has 88 valence electrons. The SMILES string of the molecule is Cc1cccc(N2CCC(C(C)Br)CC2)n1. The molecule has 0 radical (unpaired) electrons. The molecule has 0 spiro atoms. The number of aromatic nitrogens is 1. The molecule has 1 saturated heterocycles. The van der Waals surface area contributed by atoms with Crippen molar-refractivity contribution in [3.8, 4) is 0 Å². The topological polar surface area (TPSA) is 16.1 Å². The number of nitrogens with zero attached hydrogens (tertiary/aromatic N) is 2. The maximum absolute atomic E-state index is 4.58. The number of hydrogen-bond donors (Lipinski definition) is 0. The highest BCUT2D eigenvalue weighted by atomic mass is 79.9. The second-order valence-corrected chi connectivity index (χ2v) is 6.08. The molecule has 1 fully saturated rings. The van der Waals surface area contributed by atoms with E-state index in [4.69, 9.17) is 0 Å². The molecule has 0 saturated carbocycles. The third-order valence-electron chi connectivity index (χ3n) is 3.39. The molecule has 0 bridgehead atoms. The third kappa shape index (κ3) is 2.76. The number of rotatable bonds is 2. The summed E-state index contributed by atoms with van der Waals surface area (Å²) in [5, 5.41) is 0. The van der Waals surface area contributed by atoms with Crippen LogP contribution in [0.5, 0.6) is 0 Å². The maximum Gasteiger partial charge on any atom is 0.128 e. The predicted molar refractivity (Wildman–Crippen MR) is 72.3 cm³/mol. The summed E-state index contributed by atoms with van der Waals surface area (Å²) in [6.07, 6.45) is 2.53. The van der Waals surface area contributed by atoms with E-state index in [0.29, 0.717) is 4.83 Å². The summed E-state index contributed by atoms with van der Waals surface area (Å²) in [6, 6.07) is 6.26. The highest BCUT2D eigenvalue weighted by Crippen LogP contribution is 2.27. The number of piperidine rings is 1. The van der Waals surface area contributed by atoms with E-state index in [2.05, 4.69) is 57.9 Å². The van der Waals surface area contributed by atoms with Crippen LogP contribution in [-0.4, -0.2) is 22.9 Å². The van der Waals surface area contributed by atoms with E-state index in [1.165, 1.54) is 12.8 Å². The molecular weight excluding hydrogens is 264 g/mol. The van der Waals surface area contributed by atoms with Gasteiger partial charge in [0.25, 0.3) is 0 Å². The first-order valence-electron chi connectivity index (χ1n) is 5.99. The van der Waals surface area contributed by atoms with Gasteiger partial charge in [-0.15, -0.1) is 0 Å². The minimum atomic E-state index is 0.639. The highest BCUT2D eigenvalue weighted by Gasteiger charge is 2.22. The van der Waals surface area contributed by atoms with E-state index in [1.54, 1.807) is 0 Å².